The highest BCUT2D eigenvalue weighted by atomic mass is 19.1. The van der Waals surface area contributed by atoms with Crippen molar-refractivity contribution in [2.45, 2.75) is 13.0 Å². The number of carbonyl (C=O) groups excluding carboxylic acids is 1. The lowest BCUT2D eigenvalue weighted by Gasteiger charge is -2.23. The maximum absolute atomic E-state index is 14.0. The number of nitrogens with one attached hydrogen (secondary N) is 2. The van der Waals surface area contributed by atoms with E-state index in [1.807, 2.05) is 6.92 Å². The van der Waals surface area contributed by atoms with E-state index in [1.165, 1.54) is 11.1 Å². The summed E-state index contributed by atoms with van der Waals surface area (Å²) in [6.45, 7) is 2.35. The summed E-state index contributed by atoms with van der Waals surface area (Å²) in [5.41, 5.74) is 0.357. The molecule has 0 saturated carbocycles. The van der Waals surface area contributed by atoms with E-state index in [-0.39, 0.29) is 17.5 Å². The van der Waals surface area contributed by atoms with Crippen LogP contribution in [0.15, 0.2) is 60.8 Å². The minimum atomic E-state index is -0.880. The summed E-state index contributed by atoms with van der Waals surface area (Å²) >= 11 is 0. The van der Waals surface area contributed by atoms with Gasteiger partial charge in [0.1, 0.15) is 17.5 Å². The number of urea groups is 1. The Morgan fingerprint density at radius 3 is 2.63 bits per heavy atom. The standard InChI is InChI=1S/C21H21F2N5O2/c1-14(13-30-2)25-20-24-11-10-19(27-20)28(16-6-4-3-5-7-16)21(29)26-18-9-8-15(22)12-17(18)23/h3-12,14H,13H2,1-2H3,(H,26,29)(H,24,25,27)/t14-/m0/s1. The molecule has 0 saturated heterocycles. The van der Waals surface area contributed by atoms with Gasteiger partial charge in [-0.25, -0.2) is 23.5 Å². The van der Waals surface area contributed by atoms with Gasteiger partial charge < -0.3 is 15.4 Å². The van der Waals surface area contributed by atoms with Crippen molar-refractivity contribution in [3.63, 3.8) is 0 Å². The van der Waals surface area contributed by atoms with Gasteiger partial charge in [-0.2, -0.15) is 4.98 Å². The first-order valence-corrected chi connectivity index (χ1v) is 9.17. The van der Waals surface area contributed by atoms with Crippen molar-refractivity contribution in [3.05, 3.63) is 72.4 Å². The van der Waals surface area contributed by atoms with Crippen LogP contribution in [-0.2, 0) is 4.74 Å². The third kappa shape index (κ3) is 5.26. The number of nitrogens with zero attached hydrogens (tertiary/aromatic N) is 3. The number of ether oxygens (including phenoxy) is 1. The number of hydrogen-bond donors (Lipinski definition) is 2. The van der Waals surface area contributed by atoms with Gasteiger partial charge in [0.2, 0.25) is 5.95 Å². The largest absolute Gasteiger partial charge is 0.383 e. The molecule has 0 aliphatic carbocycles. The van der Waals surface area contributed by atoms with Crippen LogP contribution in [0.1, 0.15) is 6.92 Å². The zero-order valence-corrected chi connectivity index (χ0v) is 16.5. The smallest absolute Gasteiger partial charge is 0.332 e. The van der Waals surface area contributed by atoms with Crippen molar-refractivity contribution in [2.24, 2.45) is 0 Å². The number of benzene rings is 2. The van der Waals surface area contributed by atoms with E-state index in [0.717, 1.165) is 12.1 Å². The van der Waals surface area contributed by atoms with Gasteiger partial charge in [0.15, 0.2) is 0 Å². The number of rotatable bonds is 7. The second kappa shape index (κ2) is 9.75. The molecular weight excluding hydrogens is 392 g/mol. The molecule has 0 bridgehead atoms. The molecule has 1 heterocycles. The molecule has 1 atom stereocenters. The molecule has 0 aliphatic rings. The number of aromatic nitrogens is 2. The molecule has 7 nitrogen and oxygen atoms in total. The molecule has 3 rings (SSSR count). The van der Waals surface area contributed by atoms with E-state index in [1.54, 1.807) is 43.5 Å². The van der Waals surface area contributed by atoms with Crippen LogP contribution in [0.4, 0.5) is 36.7 Å². The maximum atomic E-state index is 14.0. The molecule has 3 aromatic rings. The highest BCUT2D eigenvalue weighted by Gasteiger charge is 2.21. The van der Waals surface area contributed by atoms with Gasteiger partial charge in [-0.15, -0.1) is 0 Å². The second-order valence-corrected chi connectivity index (χ2v) is 6.46. The van der Waals surface area contributed by atoms with Crippen molar-refractivity contribution in [2.75, 3.05) is 29.3 Å². The number of para-hydroxylation sites is 1. The SMILES string of the molecule is COC[C@H](C)Nc1nccc(N(C(=O)Nc2ccc(F)cc2F)c2ccccc2)n1. The van der Waals surface area contributed by atoms with Crippen molar-refractivity contribution in [1.82, 2.24) is 9.97 Å². The van der Waals surface area contributed by atoms with Gasteiger partial charge in [0, 0.05) is 31.5 Å². The van der Waals surface area contributed by atoms with Gasteiger partial charge >= 0.3 is 6.03 Å². The molecule has 0 fully saturated rings. The molecular formula is C21H21F2N5O2. The Morgan fingerprint density at radius 2 is 1.93 bits per heavy atom. The van der Waals surface area contributed by atoms with Crippen LogP contribution < -0.4 is 15.5 Å². The molecule has 2 amide bonds. The number of amides is 2. The van der Waals surface area contributed by atoms with Gasteiger partial charge in [0.05, 0.1) is 18.0 Å². The first-order chi connectivity index (χ1) is 14.5. The summed E-state index contributed by atoms with van der Waals surface area (Å²) in [5.74, 6) is -1.04. The molecule has 30 heavy (non-hydrogen) atoms. The Morgan fingerprint density at radius 1 is 1.17 bits per heavy atom. The quantitative estimate of drug-likeness (QED) is 0.593. The van der Waals surface area contributed by atoms with E-state index >= 15 is 0 Å². The summed E-state index contributed by atoms with van der Waals surface area (Å²) in [4.78, 5) is 22.9. The first kappa shape index (κ1) is 21.1. The molecule has 0 unspecified atom stereocenters. The van der Waals surface area contributed by atoms with E-state index in [0.29, 0.717) is 24.3 Å². The Balaban J connectivity index is 1.93. The number of hydrogen-bond acceptors (Lipinski definition) is 5. The fraction of sp³-hybridized carbons (Fsp3) is 0.190. The highest BCUT2D eigenvalue weighted by molar-refractivity contribution is 6.06. The van der Waals surface area contributed by atoms with Crippen LogP contribution in [0.2, 0.25) is 0 Å². The molecule has 2 N–H and O–H groups in total. The van der Waals surface area contributed by atoms with E-state index in [2.05, 4.69) is 20.6 Å². The number of halogens is 2. The average molecular weight is 413 g/mol. The van der Waals surface area contributed by atoms with E-state index in [9.17, 15) is 13.6 Å². The third-order valence-corrected chi connectivity index (χ3v) is 4.05. The molecule has 156 valence electrons. The normalized spacial score (nSPS) is 11.6. The lowest BCUT2D eigenvalue weighted by atomic mass is 10.2. The fourth-order valence-electron chi connectivity index (χ4n) is 2.75. The van der Waals surface area contributed by atoms with E-state index < -0.39 is 17.7 Å². The molecule has 9 heteroatoms. The van der Waals surface area contributed by atoms with Crippen LogP contribution in [0.25, 0.3) is 0 Å². The predicted octanol–water partition coefficient (Wildman–Crippen LogP) is 4.57. The van der Waals surface area contributed by atoms with Crippen molar-refractivity contribution >= 4 is 29.2 Å². The first-order valence-electron chi connectivity index (χ1n) is 9.17. The summed E-state index contributed by atoms with van der Waals surface area (Å²) in [5, 5.41) is 5.55. The Hall–Kier alpha value is -3.59. The average Bonchev–Trinajstić information content (AvgIpc) is 2.71. The highest BCUT2D eigenvalue weighted by Crippen LogP contribution is 2.26. The van der Waals surface area contributed by atoms with Crippen molar-refractivity contribution in [1.29, 1.82) is 0 Å². The van der Waals surface area contributed by atoms with Crippen LogP contribution in [0.3, 0.4) is 0 Å². The molecule has 1 aromatic heterocycles. The van der Waals surface area contributed by atoms with Gasteiger partial charge in [-0.3, -0.25) is 0 Å². The molecule has 0 radical (unpaired) electrons. The monoisotopic (exact) mass is 413 g/mol. The van der Waals surface area contributed by atoms with Crippen molar-refractivity contribution < 1.29 is 18.3 Å². The number of methoxy groups -OCH3 is 1. The van der Waals surface area contributed by atoms with E-state index in [4.69, 9.17) is 4.74 Å². The van der Waals surface area contributed by atoms with Crippen molar-refractivity contribution in [3.8, 4) is 0 Å². The Labute approximate surface area is 172 Å². The number of carbonyl (C=O) groups is 1. The zero-order valence-electron chi connectivity index (χ0n) is 16.5. The predicted molar refractivity (Wildman–Crippen MR) is 111 cm³/mol. The molecule has 2 aromatic carbocycles. The third-order valence-electron chi connectivity index (χ3n) is 4.05. The minimum absolute atomic E-state index is 0.0578. The van der Waals surface area contributed by atoms with Crippen LogP contribution in [0, 0.1) is 11.6 Å². The summed E-state index contributed by atoms with van der Waals surface area (Å²) < 4.78 is 32.3. The lowest BCUT2D eigenvalue weighted by Crippen LogP contribution is -2.32. The lowest BCUT2D eigenvalue weighted by molar-refractivity contribution is 0.190. The topological polar surface area (TPSA) is 79.4 Å². The zero-order chi connectivity index (χ0) is 21.5. The number of anilines is 4. The van der Waals surface area contributed by atoms with Crippen LogP contribution in [-0.4, -0.2) is 35.8 Å². The van der Waals surface area contributed by atoms with Gasteiger partial charge in [-0.05, 0) is 31.2 Å². The second-order valence-electron chi connectivity index (χ2n) is 6.46. The summed E-state index contributed by atoms with van der Waals surface area (Å²) in [7, 11) is 1.59. The Kier molecular flexibility index (Phi) is 6.87. The Bertz CT molecular complexity index is 1000. The van der Waals surface area contributed by atoms with Gasteiger partial charge in [0.25, 0.3) is 0 Å². The molecule has 0 spiro atoms. The van der Waals surface area contributed by atoms with Crippen LogP contribution >= 0.6 is 0 Å². The molecule has 0 aliphatic heterocycles. The maximum Gasteiger partial charge on any atom is 0.332 e. The van der Waals surface area contributed by atoms with Crippen LogP contribution in [0.5, 0.6) is 0 Å². The fourth-order valence-corrected chi connectivity index (χ4v) is 2.75. The summed E-state index contributed by atoms with van der Waals surface area (Å²) in [6.07, 6.45) is 1.51. The minimum Gasteiger partial charge on any atom is -0.383 e. The summed E-state index contributed by atoms with van der Waals surface area (Å²) in [6, 6.07) is 12.5. The van der Waals surface area contributed by atoms with Gasteiger partial charge in [-0.1, -0.05) is 18.2 Å².